The average molecular weight is 388 g/mol. The van der Waals surface area contributed by atoms with Gasteiger partial charge >= 0.3 is 0 Å². The van der Waals surface area contributed by atoms with Crippen molar-refractivity contribution in [3.8, 4) is 11.4 Å². The Kier molecular flexibility index (Phi) is 3.59. The first-order valence-electron chi connectivity index (χ1n) is 6.86. The van der Waals surface area contributed by atoms with Crippen LogP contribution in [-0.2, 0) is 6.42 Å². The van der Waals surface area contributed by atoms with Crippen LogP contribution in [0.3, 0.4) is 0 Å². The molecule has 0 bridgehead atoms. The van der Waals surface area contributed by atoms with E-state index in [4.69, 9.17) is 4.52 Å². The molecular formula is C16H10BrN3O2S. The first kappa shape index (κ1) is 14.3. The van der Waals surface area contributed by atoms with Gasteiger partial charge in [-0.05, 0) is 46.7 Å². The number of nitrogens with one attached hydrogen (secondary N) is 1. The fourth-order valence-electron chi connectivity index (χ4n) is 2.35. The Morgan fingerprint density at radius 2 is 2.17 bits per heavy atom. The third-order valence-corrected chi connectivity index (χ3v) is 4.68. The molecule has 7 heteroatoms. The van der Waals surface area contributed by atoms with E-state index in [2.05, 4.69) is 31.1 Å². The van der Waals surface area contributed by atoms with Crippen molar-refractivity contribution in [2.45, 2.75) is 6.42 Å². The van der Waals surface area contributed by atoms with E-state index in [0.29, 0.717) is 23.7 Å². The molecule has 4 aromatic rings. The highest BCUT2D eigenvalue weighted by atomic mass is 79.9. The molecule has 0 aliphatic carbocycles. The molecule has 4 rings (SSSR count). The van der Waals surface area contributed by atoms with Crippen LogP contribution in [0.5, 0.6) is 0 Å². The van der Waals surface area contributed by atoms with E-state index in [0.717, 1.165) is 20.9 Å². The van der Waals surface area contributed by atoms with Gasteiger partial charge in [0, 0.05) is 15.4 Å². The van der Waals surface area contributed by atoms with E-state index < -0.39 is 0 Å². The molecule has 0 atom stereocenters. The van der Waals surface area contributed by atoms with Gasteiger partial charge in [-0.15, -0.1) is 0 Å². The zero-order valence-electron chi connectivity index (χ0n) is 11.7. The topological polar surface area (TPSA) is 71.8 Å². The third kappa shape index (κ3) is 2.85. The van der Waals surface area contributed by atoms with E-state index in [1.165, 1.54) is 0 Å². The van der Waals surface area contributed by atoms with Crippen molar-refractivity contribution in [3.63, 3.8) is 0 Å². The minimum atomic E-state index is -0.234. The molecule has 0 saturated carbocycles. The number of rotatable bonds is 3. The van der Waals surface area contributed by atoms with E-state index >= 15 is 0 Å². The van der Waals surface area contributed by atoms with Crippen molar-refractivity contribution in [1.29, 1.82) is 0 Å². The maximum atomic E-state index is 12.3. The monoisotopic (exact) mass is 387 g/mol. The van der Waals surface area contributed by atoms with Crippen LogP contribution in [0.1, 0.15) is 11.5 Å². The van der Waals surface area contributed by atoms with Gasteiger partial charge in [0.05, 0.1) is 12.0 Å². The van der Waals surface area contributed by atoms with Crippen LogP contribution in [0, 0.1) is 0 Å². The third-order valence-electron chi connectivity index (χ3n) is 3.45. The zero-order valence-corrected chi connectivity index (χ0v) is 14.1. The van der Waals surface area contributed by atoms with E-state index in [1.54, 1.807) is 17.4 Å². The molecule has 1 N–H and O–H groups in total. The molecule has 1 aromatic carbocycles. The lowest BCUT2D eigenvalue weighted by Crippen LogP contribution is -2.09. The zero-order chi connectivity index (χ0) is 15.8. The van der Waals surface area contributed by atoms with Gasteiger partial charge in [-0.3, -0.25) is 4.79 Å². The van der Waals surface area contributed by atoms with Gasteiger partial charge in [0.2, 0.25) is 11.7 Å². The predicted octanol–water partition coefficient (Wildman–Crippen LogP) is 3.99. The summed E-state index contributed by atoms with van der Waals surface area (Å²) in [7, 11) is 0. The predicted molar refractivity (Wildman–Crippen MR) is 92.7 cm³/mol. The Morgan fingerprint density at radius 3 is 3.00 bits per heavy atom. The largest absolute Gasteiger partial charge is 0.339 e. The summed E-state index contributed by atoms with van der Waals surface area (Å²) >= 11 is 5.05. The summed E-state index contributed by atoms with van der Waals surface area (Å²) in [6.07, 6.45) is 0.563. The van der Waals surface area contributed by atoms with Crippen molar-refractivity contribution in [1.82, 2.24) is 15.1 Å². The molecule has 0 amide bonds. The first-order valence-corrected chi connectivity index (χ1v) is 8.59. The van der Waals surface area contributed by atoms with Crippen molar-refractivity contribution >= 4 is 38.2 Å². The molecule has 23 heavy (non-hydrogen) atoms. The second-order valence-corrected chi connectivity index (χ2v) is 6.76. The number of aromatic amines is 1. The molecule has 0 aliphatic rings. The van der Waals surface area contributed by atoms with Crippen molar-refractivity contribution in [2.75, 3.05) is 0 Å². The lowest BCUT2D eigenvalue weighted by Gasteiger charge is -2.00. The van der Waals surface area contributed by atoms with Gasteiger partial charge in [0.15, 0.2) is 0 Å². The van der Waals surface area contributed by atoms with Crippen LogP contribution in [0.2, 0.25) is 0 Å². The minimum Gasteiger partial charge on any atom is -0.339 e. The standard InChI is InChI=1S/C16H10BrN3O2S/c17-11-1-2-13-10(6-11)7-12(16(21)18-13)15-19-14(22-20-15)5-9-3-4-23-8-9/h1-4,6-8H,5H2,(H,18,21). The molecule has 0 saturated heterocycles. The molecule has 0 fully saturated rings. The Hall–Kier alpha value is -2.25. The number of H-pyrrole nitrogens is 1. The molecule has 114 valence electrons. The van der Waals surface area contributed by atoms with Crippen LogP contribution in [0.15, 0.2) is 54.9 Å². The fraction of sp³-hybridized carbons (Fsp3) is 0.0625. The summed E-state index contributed by atoms with van der Waals surface area (Å²) in [4.78, 5) is 19.4. The highest BCUT2D eigenvalue weighted by Gasteiger charge is 2.13. The smallest absolute Gasteiger partial charge is 0.259 e. The van der Waals surface area contributed by atoms with E-state index in [-0.39, 0.29) is 5.56 Å². The van der Waals surface area contributed by atoms with Gasteiger partial charge in [-0.1, -0.05) is 21.1 Å². The second kappa shape index (κ2) is 5.75. The van der Waals surface area contributed by atoms with E-state index in [9.17, 15) is 4.79 Å². The molecule has 5 nitrogen and oxygen atoms in total. The Bertz CT molecular complexity index is 1040. The lowest BCUT2D eigenvalue weighted by atomic mass is 10.1. The number of nitrogens with zero attached hydrogens (tertiary/aromatic N) is 2. The fourth-order valence-corrected chi connectivity index (χ4v) is 3.39. The van der Waals surface area contributed by atoms with Gasteiger partial charge in [-0.2, -0.15) is 16.3 Å². The molecule has 0 unspecified atom stereocenters. The van der Waals surface area contributed by atoms with Gasteiger partial charge in [0.1, 0.15) is 0 Å². The summed E-state index contributed by atoms with van der Waals surface area (Å²) in [6, 6.07) is 9.45. The average Bonchev–Trinajstić information content (AvgIpc) is 3.19. The highest BCUT2D eigenvalue weighted by Crippen LogP contribution is 2.21. The van der Waals surface area contributed by atoms with Crippen LogP contribution < -0.4 is 5.56 Å². The summed E-state index contributed by atoms with van der Waals surface area (Å²) in [5.74, 6) is 0.797. The SMILES string of the molecule is O=c1[nH]c2ccc(Br)cc2cc1-c1noc(Cc2ccsc2)n1. The minimum absolute atomic E-state index is 0.234. The van der Waals surface area contributed by atoms with E-state index in [1.807, 2.05) is 35.0 Å². The van der Waals surface area contributed by atoms with Crippen LogP contribution in [0.4, 0.5) is 0 Å². The summed E-state index contributed by atoms with van der Waals surface area (Å²) in [6.45, 7) is 0. The lowest BCUT2D eigenvalue weighted by molar-refractivity contribution is 0.386. The Balaban J connectivity index is 1.75. The number of hydrogen-bond acceptors (Lipinski definition) is 5. The van der Waals surface area contributed by atoms with Gasteiger partial charge < -0.3 is 9.51 Å². The van der Waals surface area contributed by atoms with Gasteiger partial charge in [0.25, 0.3) is 5.56 Å². The summed E-state index contributed by atoms with van der Waals surface area (Å²) < 4.78 is 6.20. The number of hydrogen-bond donors (Lipinski definition) is 1. The molecule has 0 spiro atoms. The molecule has 3 aromatic heterocycles. The number of aromatic nitrogens is 3. The Labute approximate surface area is 143 Å². The van der Waals surface area contributed by atoms with Crippen molar-refractivity contribution in [2.24, 2.45) is 0 Å². The molecule has 0 aliphatic heterocycles. The maximum Gasteiger partial charge on any atom is 0.259 e. The second-order valence-electron chi connectivity index (χ2n) is 5.06. The molecule has 0 radical (unpaired) electrons. The highest BCUT2D eigenvalue weighted by molar-refractivity contribution is 9.10. The normalized spacial score (nSPS) is 11.2. The van der Waals surface area contributed by atoms with Crippen LogP contribution >= 0.6 is 27.3 Å². The maximum absolute atomic E-state index is 12.3. The number of benzene rings is 1. The van der Waals surface area contributed by atoms with Crippen molar-refractivity contribution < 1.29 is 4.52 Å². The molecular weight excluding hydrogens is 378 g/mol. The summed E-state index contributed by atoms with van der Waals surface area (Å²) in [5, 5.41) is 8.87. The Morgan fingerprint density at radius 1 is 1.26 bits per heavy atom. The first-order chi connectivity index (χ1) is 11.2. The number of pyridine rings is 1. The number of halogens is 1. The quantitative estimate of drug-likeness (QED) is 0.576. The van der Waals surface area contributed by atoms with Gasteiger partial charge in [-0.25, -0.2) is 0 Å². The van der Waals surface area contributed by atoms with Crippen LogP contribution in [0.25, 0.3) is 22.3 Å². The van der Waals surface area contributed by atoms with Crippen LogP contribution in [-0.4, -0.2) is 15.1 Å². The van der Waals surface area contributed by atoms with Crippen molar-refractivity contribution in [3.05, 3.63) is 67.4 Å². The number of thiophene rings is 1. The summed E-state index contributed by atoms with van der Waals surface area (Å²) in [5.41, 5.74) is 2.05. The number of fused-ring (bicyclic) bond motifs is 1. The molecule has 3 heterocycles.